The Bertz CT molecular complexity index is 806. The molecule has 0 saturated heterocycles. The fourth-order valence-corrected chi connectivity index (χ4v) is 2.75. The third-order valence-electron chi connectivity index (χ3n) is 4.23. The van der Waals surface area contributed by atoms with E-state index in [0.29, 0.717) is 11.4 Å². The highest BCUT2D eigenvalue weighted by Gasteiger charge is 2.24. The Balaban J connectivity index is 1.78. The minimum atomic E-state index is -0.458. The number of benzene rings is 2. The quantitative estimate of drug-likeness (QED) is 0.681. The van der Waals surface area contributed by atoms with E-state index in [2.05, 4.69) is 10.6 Å². The number of hydrogen-bond acceptors (Lipinski definition) is 4. The molecule has 3 rings (SSSR count). The average molecular weight is 320 g/mol. The lowest BCUT2D eigenvalue weighted by Crippen LogP contribution is -2.38. The van der Waals surface area contributed by atoms with E-state index in [0.717, 1.165) is 11.1 Å². The first-order chi connectivity index (χ1) is 11.6. The predicted octanol–water partition coefficient (Wildman–Crippen LogP) is 3.63. The first-order valence-electron chi connectivity index (χ1n) is 8.04. The van der Waals surface area contributed by atoms with Gasteiger partial charge in [0.25, 0.3) is 10.9 Å². The van der Waals surface area contributed by atoms with Crippen molar-refractivity contribution in [1.82, 2.24) is 0 Å². The van der Waals surface area contributed by atoms with Gasteiger partial charge in [0.05, 0.1) is 0 Å². The Morgan fingerprint density at radius 2 is 0.958 bits per heavy atom. The van der Waals surface area contributed by atoms with Crippen LogP contribution in [0.1, 0.15) is 37.1 Å². The Kier molecular flexibility index (Phi) is 4.47. The molecule has 0 aliphatic carbocycles. The van der Waals surface area contributed by atoms with Crippen molar-refractivity contribution in [3.63, 3.8) is 0 Å². The minimum Gasteiger partial charge on any atom is -0.373 e. The summed E-state index contributed by atoms with van der Waals surface area (Å²) >= 11 is 0. The molecule has 0 spiro atoms. The van der Waals surface area contributed by atoms with E-state index in [4.69, 9.17) is 0 Å². The summed E-state index contributed by atoms with van der Waals surface area (Å²) in [5.74, 6) is 0. The van der Waals surface area contributed by atoms with Crippen molar-refractivity contribution in [2.24, 2.45) is 0 Å². The summed E-state index contributed by atoms with van der Waals surface area (Å²) in [6.45, 7) is 3.94. The lowest BCUT2D eigenvalue weighted by atomic mass is 10.0. The molecular weight excluding hydrogens is 300 g/mol. The fraction of sp³-hybridized carbons (Fsp3) is 0.200. The zero-order chi connectivity index (χ0) is 17.1. The van der Waals surface area contributed by atoms with Gasteiger partial charge < -0.3 is 10.6 Å². The fourth-order valence-electron chi connectivity index (χ4n) is 2.75. The Morgan fingerprint density at radius 1 is 0.625 bits per heavy atom. The van der Waals surface area contributed by atoms with E-state index in [1.54, 1.807) is 0 Å². The molecule has 4 nitrogen and oxygen atoms in total. The van der Waals surface area contributed by atoms with Crippen LogP contribution in [0.3, 0.4) is 0 Å². The summed E-state index contributed by atoms with van der Waals surface area (Å²) in [5.41, 5.74) is 1.96. The van der Waals surface area contributed by atoms with Crippen LogP contribution in [0.4, 0.5) is 11.4 Å². The average Bonchev–Trinajstić information content (AvgIpc) is 2.65. The van der Waals surface area contributed by atoms with E-state index >= 15 is 0 Å². The second kappa shape index (κ2) is 6.71. The Hall–Kier alpha value is -2.88. The molecule has 0 radical (unpaired) electrons. The standard InChI is InChI=1S/C20H20N2O2/c1-13(15-9-5-3-6-10-15)21-17-18(20(24)19(17)23)22-14(2)16-11-7-4-8-12-16/h3-14,21-22H,1-2H3/t13-,14-/m1/s1. The SMILES string of the molecule is C[C@@H](Nc1c(N[C@H](C)c2ccccc2)c(=O)c1=O)c1ccccc1. The summed E-state index contributed by atoms with van der Waals surface area (Å²) in [6, 6.07) is 19.5. The van der Waals surface area contributed by atoms with E-state index in [1.165, 1.54) is 0 Å². The molecule has 2 N–H and O–H groups in total. The molecular formula is C20H20N2O2. The maximum absolute atomic E-state index is 11.9. The molecule has 24 heavy (non-hydrogen) atoms. The summed E-state index contributed by atoms with van der Waals surface area (Å²) in [4.78, 5) is 23.9. The van der Waals surface area contributed by atoms with E-state index in [9.17, 15) is 9.59 Å². The Labute approximate surface area is 140 Å². The molecule has 0 aliphatic rings. The Morgan fingerprint density at radius 3 is 1.29 bits per heavy atom. The van der Waals surface area contributed by atoms with Crippen molar-refractivity contribution in [3.8, 4) is 0 Å². The van der Waals surface area contributed by atoms with Crippen molar-refractivity contribution in [1.29, 1.82) is 0 Å². The maximum atomic E-state index is 11.9. The van der Waals surface area contributed by atoms with E-state index in [1.807, 2.05) is 74.5 Å². The second-order valence-corrected chi connectivity index (χ2v) is 5.96. The molecule has 122 valence electrons. The van der Waals surface area contributed by atoms with E-state index < -0.39 is 10.9 Å². The molecule has 0 aliphatic heterocycles. The van der Waals surface area contributed by atoms with Crippen molar-refractivity contribution < 1.29 is 0 Å². The predicted molar refractivity (Wildman–Crippen MR) is 98.3 cm³/mol. The van der Waals surface area contributed by atoms with Gasteiger partial charge in [-0.3, -0.25) is 9.59 Å². The molecule has 0 amide bonds. The molecule has 4 heteroatoms. The topological polar surface area (TPSA) is 58.2 Å². The van der Waals surface area contributed by atoms with Crippen LogP contribution in [0, 0.1) is 0 Å². The largest absolute Gasteiger partial charge is 0.373 e. The van der Waals surface area contributed by atoms with Gasteiger partial charge >= 0.3 is 0 Å². The zero-order valence-corrected chi connectivity index (χ0v) is 13.7. The molecule has 0 heterocycles. The van der Waals surface area contributed by atoms with Gasteiger partial charge in [0.1, 0.15) is 11.4 Å². The third kappa shape index (κ3) is 3.08. The summed E-state index contributed by atoms with van der Waals surface area (Å²) in [5, 5.41) is 6.33. The normalized spacial score (nSPS) is 13.4. The number of nitrogens with one attached hydrogen (secondary N) is 2. The minimum absolute atomic E-state index is 0.0536. The lowest BCUT2D eigenvalue weighted by molar-refractivity contribution is 0.859. The first-order valence-corrected chi connectivity index (χ1v) is 8.04. The highest BCUT2D eigenvalue weighted by Crippen LogP contribution is 2.25. The molecule has 3 aromatic rings. The summed E-state index contributed by atoms with van der Waals surface area (Å²) < 4.78 is 0. The van der Waals surface area contributed by atoms with Gasteiger partial charge in [0.2, 0.25) is 0 Å². The lowest BCUT2D eigenvalue weighted by Gasteiger charge is -2.22. The van der Waals surface area contributed by atoms with Gasteiger partial charge in [-0.25, -0.2) is 0 Å². The molecule has 0 bridgehead atoms. The second-order valence-electron chi connectivity index (χ2n) is 5.96. The van der Waals surface area contributed by atoms with Gasteiger partial charge in [-0.1, -0.05) is 60.7 Å². The monoisotopic (exact) mass is 320 g/mol. The van der Waals surface area contributed by atoms with Crippen LogP contribution >= 0.6 is 0 Å². The highest BCUT2D eigenvalue weighted by molar-refractivity contribution is 5.74. The number of anilines is 2. The number of hydrogen-bond donors (Lipinski definition) is 2. The van der Waals surface area contributed by atoms with Crippen molar-refractivity contribution in [2.75, 3.05) is 10.6 Å². The van der Waals surface area contributed by atoms with Crippen LogP contribution < -0.4 is 21.5 Å². The van der Waals surface area contributed by atoms with Crippen LogP contribution in [0.15, 0.2) is 70.3 Å². The van der Waals surface area contributed by atoms with Gasteiger partial charge in [0, 0.05) is 12.1 Å². The number of rotatable bonds is 6. The molecule has 0 fully saturated rings. The van der Waals surface area contributed by atoms with Crippen molar-refractivity contribution in [2.45, 2.75) is 25.9 Å². The molecule has 2 atom stereocenters. The van der Waals surface area contributed by atoms with E-state index in [-0.39, 0.29) is 12.1 Å². The van der Waals surface area contributed by atoms with Crippen LogP contribution in [-0.2, 0) is 0 Å². The molecule has 0 saturated carbocycles. The highest BCUT2D eigenvalue weighted by atomic mass is 16.2. The summed E-state index contributed by atoms with van der Waals surface area (Å²) in [6.07, 6.45) is 0. The van der Waals surface area contributed by atoms with Gasteiger partial charge in [-0.2, -0.15) is 0 Å². The van der Waals surface area contributed by atoms with Crippen LogP contribution in [0.25, 0.3) is 0 Å². The van der Waals surface area contributed by atoms with Gasteiger partial charge in [0.15, 0.2) is 0 Å². The molecule has 0 aromatic heterocycles. The maximum Gasteiger partial charge on any atom is 0.253 e. The van der Waals surface area contributed by atoms with Crippen molar-refractivity contribution >= 4 is 11.4 Å². The smallest absolute Gasteiger partial charge is 0.253 e. The van der Waals surface area contributed by atoms with Gasteiger partial charge in [-0.05, 0) is 25.0 Å². The van der Waals surface area contributed by atoms with Crippen LogP contribution in [0.5, 0.6) is 0 Å². The zero-order valence-electron chi connectivity index (χ0n) is 13.7. The molecule has 0 unspecified atom stereocenters. The van der Waals surface area contributed by atoms with Gasteiger partial charge in [-0.15, -0.1) is 0 Å². The van der Waals surface area contributed by atoms with Crippen LogP contribution in [0.2, 0.25) is 0 Å². The molecule has 3 aromatic carbocycles. The first kappa shape index (κ1) is 16.0. The van der Waals surface area contributed by atoms with Crippen LogP contribution in [-0.4, -0.2) is 0 Å². The summed E-state index contributed by atoms with van der Waals surface area (Å²) in [7, 11) is 0. The van der Waals surface area contributed by atoms with Crippen molar-refractivity contribution in [3.05, 3.63) is 92.2 Å². The third-order valence-corrected chi connectivity index (χ3v) is 4.23.